The molecule has 0 fully saturated rings. The SMILES string of the molecule is Cc1cc2cc(-c3cccc(NS(C)=O)c3)nc(C)c2cc1C. The number of aryl methyl sites for hydroxylation is 3. The van der Waals surface area contributed by atoms with Gasteiger partial charge in [0.05, 0.1) is 5.69 Å². The monoisotopic (exact) mass is 324 g/mol. The molecular weight excluding hydrogens is 304 g/mol. The third-order valence-corrected chi connectivity index (χ3v) is 4.58. The van der Waals surface area contributed by atoms with Gasteiger partial charge >= 0.3 is 0 Å². The van der Waals surface area contributed by atoms with E-state index in [0.29, 0.717) is 0 Å². The Morgan fingerprint density at radius 3 is 2.48 bits per heavy atom. The molecule has 1 N–H and O–H groups in total. The lowest BCUT2D eigenvalue weighted by Crippen LogP contribution is -2.01. The number of hydrogen-bond donors (Lipinski definition) is 1. The standard InChI is InChI=1S/C19H20N2OS/c1-12-8-16-11-19(20-14(3)18(16)9-13(12)2)15-6-5-7-17(10-15)21-23(4)22/h5-11,21H,1-4H3. The van der Waals surface area contributed by atoms with E-state index in [-0.39, 0.29) is 0 Å². The molecule has 3 aromatic rings. The maximum atomic E-state index is 11.3. The summed E-state index contributed by atoms with van der Waals surface area (Å²) in [5, 5.41) is 2.40. The Labute approximate surface area is 139 Å². The van der Waals surface area contributed by atoms with Gasteiger partial charge in [-0.1, -0.05) is 18.2 Å². The highest BCUT2D eigenvalue weighted by Gasteiger charge is 2.07. The van der Waals surface area contributed by atoms with E-state index in [4.69, 9.17) is 4.98 Å². The quantitative estimate of drug-likeness (QED) is 0.769. The predicted octanol–water partition coefficient (Wildman–Crippen LogP) is 4.53. The molecule has 118 valence electrons. The molecule has 3 nitrogen and oxygen atoms in total. The third kappa shape index (κ3) is 3.27. The molecule has 4 heteroatoms. The lowest BCUT2D eigenvalue weighted by atomic mass is 10.00. The van der Waals surface area contributed by atoms with Crippen molar-refractivity contribution in [3.8, 4) is 11.3 Å². The van der Waals surface area contributed by atoms with E-state index in [1.807, 2.05) is 31.2 Å². The first-order chi connectivity index (χ1) is 10.9. The van der Waals surface area contributed by atoms with E-state index >= 15 is 0 Å². The van der Waals surface area contributed by atoms with Crippen LogP contribution in [-0.4, -0.2) is 15.4 Å². The number of aromatic nitrogens is 1. The summed E-state index contributed by atoms with van der Waals surface area (Å²) in [5.74, 6) is 0. The van der Waals surface area contributed by atoms with Crippen LogP contribution < -0.4 is 4.72 Å². The van der Waals surface area contributed by atoms with Crippen molar-refractivity contribution in [3.63, 3.8) is 0 Å². The van der Waals surface area contributed by atoms with Gasteiger partial charge < -0.3 is 4.72 Å². The lowest BCUT2D eigenvalue weighted by Gasteiger charge is -2.10. The normalized spacial score (nSPS) is 12.3. The zero-order valence-electron chi connectivity index (χ0n) is 13.8. The fourth-order valence-electron chi connectivity index (χ4n) is 2.75. The Morgan fingerprint density at radius 2 is 1.74 bits per heavy atom. The average Bonchev–Trinajstić information content (AvgIpc) is 2.49. The summed E-state index contributed by atoms with van der Waals surface area (Å²) in [6.45, 7) is 6.30. The molecule has 1 atom stereocenters. The van der Waals surface area contributed by atoms with E-state index in [1.165, 1.54) is 21.9 Å². The topological polar surface area (TPSA) is 42.0 Å². The summed E-state index contributed by atoms with van der Waals surface area (Å²) in [4.78, 5) is 4.76. The summed E-state index contributed by atoms with van der Waals surface area (Å²) >= 11 is 0. The largest absolute Gasteiger partial charge is 0.305 e. The van der Waals surface area contributed by atoms with Crippen LogP contribution in [0.5, 0.6) is 0 Å². The predicted molar refractivity (Wildman–Crippen MR) is 99.1 cm³/mol. The smallest absolute Gasteiger partial charge is 0.113 e. The number of fused-ring (bicyclic) bond motifs is 1. The summed E-state index contributed by atoms with van der Waals surface area (Å²) in [7, 11) is -1.08. The molecule has 2 aromatic carbocycles. The second kappa shape index (κ2) is 6.13. The van der Waals surface area contributed by atoms with Gasteiger partial charge in [-0.15, -0.1) is 0 Å². The molecule has 1 aromatic heterocycles. The molecule has 0 spiro atoms. The van der Waals surface area contributed by atoms with Crippen molar-refractivity contribution in [2.45, 2.75) is 20.8 Å². The summed E-state index contributed by atoms with van der Waals surface area (Å²) in [6, 6.07) is 14.4. The van der Waals surface area contributed by atoms with E-state index in [9.17, 15) is 4.21 Å². The molecule has 0 radical (unpaired) electrons. The summed E-state index contributed by atoms with van der Waals surface area (Å²) in [5.41, 5.74) is 6.38. The van der Waals surface area contributed by atoms with Gasteiger partial charge in [-0.25, -0.2) is 4.21 Å². The molecule has 0 saturated heterocycles. The highest BCUT2D eigenvalue weighted by Crippen LogP contribution is 2.28. The van der Waals surface area contributed by atoms with Crippen LogP contribution in [0.3, 0.4) is 0 Å². The van der Waals surface area contributed by atoms with Crippen LogP contribution in [0.15, 0.2) is 42.5 Å². The Balaban J connectivity index is 2.13. The van der Waals surface area contributed by atoms with Crippen molar-refractivity contribution >= 4 is 27.4 Å². The minimum absolute atomic E-state index is 0.836. The molecule has 23 heavy (non-hydrogen) atoms. The number of rotatable bonds is 3. The van der Waals surface area contributed by atoms with Gasteiger partial charge in [-0.2, -0.15) is 0 Å². The molecule has 0 saturated carbocycles. The second-order valence-corrected chi connectivity index (χ2v) is 7.00. The van der Waals surface area contributed by atoms with Crippen molar-refractivity contribution in [3.05, 3.63) is 59.3 Å². The van der Waals surface area contributed by atoms with Crippen molar-refractivity contribution in [2.24, 2.45) is 0 Å². The van der Waals surface area contributed by atoms with Crippen LogP contribution in [0.2, 0.25) is 0 Å². The minimum atomic E-state index is -1.08. The number of hydrogen-bond acceptors (Lipinski definition) is 2. The maximum absolute atomic E-state index is 11.3. The van der Waals surface area contributed by atoms with E-state index < -0.39 is 11.0 Å². The van der Waals surface area contributed by atoms with Gasteiger partial charge in [0, 0.05) is 28.6 Å². The average molecular weight is 324 g/mol. The summed E-state index contributed by atoms with van der Waals surface area (Å²) < 4.78 is 14.3. The highest BCUT2D eigenvalue weighted by molar-refractivity contribution is 7.85. The zero-order valence-corrected chi connectivity index (χ0v) is 14.6. The van der Waals surface area contributed by atoms with Crippen LogP contribution >= 0.6 is 0 Å². The molecule has 0 aliphatic carbocycles. The van der Waals surface area contributed by atoms with Gasteiger partial charge in [-0.3, -0.25) is 4.98 Å². The Bertz CT molecular complexity index is 919. The molecular formula is C19H20N2OS. The van der Waals surface area contributed by atoms with Crippen molar-refractivity contribution in [1.29, 1.82) is 0 Å². The second-order valence-electron chi connectivity index (χ2n) is 5.89. The molecule has 0 aliphatic rings. The molecule has 1 heterocycles. The first kappa shape index (κ1) is 15.7. The van der Waals surface area contributed by atoms with Crippen molar-refractivity contribution < 1.29 is 4.21 Å². The van der Waals surface area contributed by atoms with Gasteiger partial charge in [-0.05, 0) is 61.5 Å². The fourth-order valence-corrected chi connectivity index (χ4v) is 3.21. The number of nitrogens with zero attached hydrogens (tertiary/aromatic N) is 1. The van der Waals surface area contributed by atoms with Crippen molar-refractivity contribution in [1.82, 2.24) is 4.98 Å². The van der Waals surface area contributed by atoms with Gasteiger partial charge in [0.25, 0.3) is 0 Å². The Kier molecular flexibility index (Phi) is 4.18. The van der Waals surface area contributed by atoms with Gasteiger partial charge in [0.2, 0.25) is 0 Å². The van der Waals surface area contributed by atoms with Crippen LogP contribution in [0.1, 0.15) is 16.8 Å². The molecule has 3 rings (SSSR count). The van der Waals surface area contributed by atoms with Crippen molar-refractivity contribution in [2.75, 3.05) is 11.0 Å². The molecule has 0 aliphatic heterocycles. The van der Waals surface area contributed by atoms with Crippen LogP contribution in [-0.2, 0) is 11.0 Å². The number of pyridine rings is 1. The number of nitrogens with one attached hydrogen (secondary N) is 1. The highest BCUT2D eigenvalue weighted by atomic mass is 32.2. The Hall–Kier alpha value is -2.20. The molecule has 1 unspecified atom stereocenters. The van der Waals surface area contributed by atoms with Gasteiger partial charge in [0.15, 0.2) is 0 Å². The van der Waals surface area contributed by atoms with E-state index in [1.54, 1.807) is 6.26 Å². The van der Waals surface area contributed by atoms with E-state index in [0.717, 1.165) is 22.6 Å². The summed E-state index contributed by atoms with van der Waals surface area (Å²) in [6.07, 6.45) is 1.62. The zero-order chi connectivity index (χ0) is 16.6. The molecule has 0 bridgehead atoms. The molecule has 0 amide bonds. The number of anilines is 1. The maximum Gasteiger partial charge on any atom is 0.113 e. The van der Waals surface area contributed by atoms with Crippen LogP contribution in [0.25, 0.3) is 22.0 Å². The fraction of sp³-hybridized carbons (Fsp3) is 0.211. The minimum Gasteiger partial charge on any atom is -0.305 e. The lowest BCUT2D eigenvalue weighted by molar-refractivity contribution is 0.690. The van der Waals surface area contributed by atoms with Crippen LogP contribution in [0, 0.1) is 20.8 Å². The van der Waals surface area contributed by atoms with Gasteiger partial charge in [0.1, 0.15) is 11.0 Å². The van der Waals surface area contributed by atoms with Crippen LogP contribution in [0.4, 0.5) is 5.69 Å². The first-order valence-electron chi connectivity index (χ1n) is 7.53. The first-order valence-corrected chi connectivity index (χ1v) is 9.09. The Morgan fingerprint density at radius 1 is 1.00 bits per heavy atom. The third-order valence-electron chi connectivity index (χ3n) is 4.06. The van der Waals surface area contributed by atoms with E-state index in [2.05, 4.69) is 36.8 Å². The number of benzene rings is 2.